The molecule has 110 valence electrons. The zero-order valence-electron chi connectivity index (χ0n) is 12.6. The van der Waals surface area contributed by atoms with Gasteiger partial charge < -0.3 is 10.1 Å². The second-order valence-corrected chi connectivity index (χ2v) is 6.38. The van der Waals surface area contributed by atoms with Crippen molar-refractivity contribution in [2.75, 3.05) is 13.7 Å². The highest BCUT2D eigenvalue weighted by Gasteiger charge is 2.24. The normalized spacial score (nSPS) is 29.9. The molecule has 0 aliphatic heterocycles. The van der Waals surface area contributed by atoms with Crippen LogP contribution in [0.25, 0.3) is 0 Å². The van der Waals surface area contributed by atoms with Crippen molar-refractivity contribution < 1.29 is 4.74 Å². The first-order chi connectivity index (χ1) is 9.86. The van der Waals surface area contributed by atoms with Crippen LogP contribution in [0.3, 0.4) is 0 Å². The second kappa shape index (κ2) is 6.73. The largest absolute Gasteiger partial charge is 0.378 e. The fourth-order valence-corrected chi connectivity index (χ4v) is 3.80. The minimum absolute atomic E-state index is 0.494. The van der Waals surface area contributed by atoms with Gasteiger partial charge in [0, 0.05) is 12.0 Å². The van der Waals surface area contributed by atoms with Crippen molar-refractivity contribution in [3.05, 3.63) is 35.4 Å². The van der Waals surface area contributed by atoms with Gasteiger partial charge in [-0.2, -0.15) is 0 Å². The highest BCUT2D eigenvalue weighted by atomic mass is 16.5. The molecule has 2 nitrogen and oxygen atoms in total. The molecule has 2 aliphatic carbocycles. The molecule has 1 unspecified atom stereocenters. The van der Waals surface area contributed by atoms with Gasteiger partial charge in [0.2, 0.25) is 0 Å². The average Bonchev–Trinajstić information content (AvgIpc) is 2.53. The molecule has 0 radical (unpaired) electrons. The van der Waals surface area contributed by atoms with E-state index < -0.39 is 0 Å². The summed E-state index contributed by atoms with van der Waals surface area (Å²) >= 11 is 0. The number of hydrogen-bond acceptors (Lipinski definition) is 2. The van der Waals surface area contributed by atoms with E-state index in [1.165, 1.54) is 44.9 Å². The van der Waals surface area contributed by atoms with Crippen LogP contribution < -0.4 is 5.32 Å². The lowest BCUT2D eigenvalue weighted by molar-refractivity contribution is 0.0130. The zero-order valence-corrected chi connectivity index (χ0v) is 12.6. The molecule has 1 saturated carbocycles. The highest BCUT2D eigenvalue weighted by Crippen LogP contribution is 2.32. The van der Waals surface area contributed by atoms with Crippen molar-refractivity contribution >= 4 is 0 Å². The SMILES string of the molecule is CNC1CCC(OCC2CCCc3ccccc32)CC1. The maximum Gasteiger partial charge on any atom is 0.0576 e. The van der Waals surface area contributed by atoms with Crippen molar-refractivity contribution in [3.8, 4) is 0 Å². The maximum atomic E-state index is 6.24. The summed E-state index contributed by atoms with van der Waals surface area (Å²) in [6.07, 6.45) is 9.33. The van der Waals surface area contributed by atoms with E-state index >= 15 is 0 Å². The van der Waals surface area contributed by atoms with Crippen LogP contribution in [0.5, 0.6) is 0 Å². The van der Waals surface area contributed by atoms with Gasteiger partial charge in [-0.3, -0.25) is 0 Å². The minimum atomic E-state index is 0.494. The Bertz CT molecular complexity index is 423. The van der Waals surface area contributed by atoms with Crippen molar-refractivity contribution in [2.45, 2.75) is 63.0 Å². The van der Waals surface area contributed by atoms with E-state index in [2.05, 4.69) is 36.6 Å². The van der Waals surface area contributed by atoms with E-state index in [0.717, 1.165) is 6.61 Å². The van der Waals surface area contributed by atoms with Crippen molar-refractivity contribution in [1.82, 2.24) is 5.32 Å². The summed E-state index contributed by atoms with van der Waals surface area (Å²) in [7, 11) is 2.07. The van der Waals surface area contributed by atoms with Crippen LogP contribution in [0.2, 0.25) is 0 Å². The molecule has 0 amide bonds. The van der Waals surface area contributed by atoms with E-state index in [4.69, 9.17) is 4.74 Å². The molecule has 1 N–H and O–H groups in total. The fourth-order valence-electron chi connectivity index (χ4n) is 3.80. The van der Waals surface area contributed by atoms with Crippen molar-refractivity contribution in [1.29, 1.82) is 0 Å². The Labute approximate surface area is 122 Å². The third kappa shape index (κ3) is 3.24. The Kier molecular flexibility index (Phi) is 4.74. The van der Waals surface area contributed by atoms with Crippen LogP contribution in [0.4, 0.5) is 0 Å². The molecule has 0 saturated heterocycles. The van der Waals surface area contributed by atoms with E-state index in [1.54, 1.807) is 11.1 Å². The lowest BCUT2D eigenvalue weighted by Crippen LogP contribution is -2.33. The Morgan fingerprint density at radius 3 is 2.70 bits per heavy atom. The Morgan fingerprint density at radius 1 is 1.10 bits per heavy atom. The molecule has 1 fully saturated rings. The molecular formula is C18H27NO. The summed E-state index contributed by atoms with van der Waals surface area (Å²) in [6.45, 7) is 0.923. The van der Waals surface area contributed by atoms with Gasteiger partial charge in [-0.05, 0) is 63.1 Å². The molecule has 0 heterocycles. The number of rotatable bonds is 4. The van der Waals surface area contributed by atoms with Crippen LogP contribution in [0.1, 0.15) is 55.6 Å². The van der Waals surface area contributed by atoms with E-state index in [-0.39, 0.29) is 0 Å². The number of ether oxygens (including phenoxy) is 1. The fraction of sp³-hybridized carbons (Fsp3) is 0.667. The number of fused-ring (bicyclic) bond motifs is 1. The molecule has 1 atom stereocenters. The average molecular weight is 273 g/mol. The maximum absolute atomic E-state index is 6.24. The highest BCUT2D eigenvalue weighted by molar-refractivity contribution is 5.32. The van der Waals surface area contributed by atoms with Gasteiger partial charge in [0.1, 0.15) is 0 Å². The first-order valence-corrected chi connectivity index (χ1v) is 8.23. The van der Waals surface area contributed by atoms with Crippen molar-refractivity contribution in [3.63, 3.8) is 0 Å². The van der Waals surface area contributed by atoms with Gasteiger partial charge in [0.25, 0.3) is 0 Å². The van der Waals surface area contributed by atoms with E-state index in [0.29, 0.717) is 18.1 Å². The van der Waals surface area contributed by atoms with Crippen LogP contribution in [0, 0.1) is 0 Å². The molecule has 0 spiro atoms. The van der Waals surface area contributed by atoms with Gasteiger partial charge in [-0.1, -0.05) is 24.3 Å². The zero-order chi connectivity index (χ0) is 13.8. The monoisotopic (exact) mass is 273 g/mol. The molecule has 0 bridgehead atoms. The second-order valence-electron chi connectivity index (χ2n) is 6.38. The predicted molar refractivity (Wildman–Crippen MR) is 83.2 cm³/mol. The van der Waals surface area contributed by atoms with Gasteiger partial charge >= 0.3 is 0 Å². The van der Waals surface area contributed by atoms with Gasteiger partial charge in [0.05, 0.1) is 12.7 Å². The molecule has 1 aromatic carbocycles. The van der Waals surface area contributed by atoms with Gasteiger partial charge in [-0.25, -0.2) is 0 Å². The summed E-state index contributed by atoms with van der Waals surface area (Å²) in [6, 6.07) is 9.65. The molecule has 3 rings (SSSR count). The number of hydrogen-bond donors (Lipinski definition) is 1. The summed E-state index contributed by atoms with van der Waals surface area (Å²) in [5.41, 5.74) is 3.09. The summed E-state index contributed by atoms with van der Waals surface area (Å²) < 4.78 is 6.24. The molecule has 20 heavy (non-hydrogen) atoms. The molecule has 2 aliphatic rings. The lowest BCUT2D eigenvalue weighted by atomic mass is 9.83. The first kappa shape index (κ1) is 14.1. The third-order valence-electron chi connectivity index (χ3n) is 5.11. The molecule has 1 aromatic rings. The summed E-state index contributed by atoms with van der Waals surface area (Å²) in [5.74, 6) is 0.627. The topological polar surface area (TPSA) is 21.3 Å². The van der Waals surface area contributed by atoms with E-state index in [1.807, 2.05) is 0 Å². The molecule has 0 aromatic heterocycles. The first-order valence-electron chi connectivity index (χ1n) is 8.23. The lowest BCUT2D eigenvalue weighted by Gasteiger charge is -2.31. The standard InChI is InChI=1S/C18H27NO/c1-19-16-9-11-17(12-10-16)20-13-15-7-4-6-14-5-2-3-8-18(14)15/h2-3,5,8,15-17,19H,4,6-7,9-13H2,1H3. The van der Waals surface area contributed by atoms with Crippen LogP contribution >= 0.6 is 0 Å². The Balaban J connectivity index is 1.52. The number of aryl methyl sites for hydroxylation is 1. The predicted octanol–water partition coefficient (Wildman–Crippen LogP) is 3.65. The Hall–Kier alpha value is -0.860. The van der Waals surface area contributed by atoms with Gasteiger partial charge in [0.15, 0.2) is 0 Å². The van der Waals surface area contributed by atoms with Crippen LogP contribution in [-0.2, 0) is 11.2 Å². The molecule has 2 heteroatoms. The summed E-state index contributed by atoms with van der Waals surface area (Å²) in [5, 5.41) is 3.39. The third-order valence-corrected chi connectivity index (χ3v) is 5.11. The smallest absolute Gasteiger partial charge is 0.0576 e. The van der Waals surface area contributed by atoms with Crippen molar-refractivity contribution in [2.24, 2.45) is 0 Å². The van der Waals surface area contributed by atoms with Crippen LogP contribution in [0.15, 0.2) is 24.3 Å². The van der Waals surface area contributed by atoms with E-state index in [9.17, 15) is 0 Å². The summed E-state index contributed by atoms with van der Waals surface area (Å²) in [4.78, 5) is 0. The number of nitrogens with one attached hydrogen (secondary N) is 1. The van der Waals surface area contributed by atoms with Gasteiger partial charge in [-0.15, -0.1) is 0 Å². The quantitative estimate of drug-likeness (QED) is 0.904. The Morgan fingerprint density at radius 2 is 1.90 bits per heavy atom. The number of benzene rings is 1. The molecular weight excluding hydrogens is 246 g/mol. The minimum Gasteiger partial charge on any atom is -0.378 e. The van der Waals surface area contributed by atoms with Crippen LogP contribution in [-0.4, -0.2) is 25.8 Å².